The third-order valence-corrected chi connectivity index (χ3v) is 5.72. The highest BCUT2D eigenvalue weighted by Gasteiger charge is 2.42. The lowest BCUT2D eigenvalue weighted by Crippen LogP contribution is -2.46. The molecule has 0 saturated carbocycles. The molecule has 3 rings (SSSR count). The van der Waals surface area contributed by atoms with Crippen LogP contribution in [0.4, 0.5) is 5.69 Å². The van der Waals surface area contributed by atoms with E-state index in [-0.39, 0.29) is 17.1 Å². The molecule has 0 aromatic heterocycles. The summed E-state index contributed by atoms with van der Waals surface area (Å²) in [6.07, 6.45) is 0.264. The van der Waals surface area contributed by atoms with Gasteiger partial charge in [0.25, 0.3) is 10.0 Å². The summed E-state index contributed by atoms with van der Waals surface area (Å²) in [6.45, 7) is 0. The Balaban J connectivity index is 2.19. The highest BCUT2D eigenvalue weighted by molar-refractivity contribution is 7.93. The molecule has 0 bridgehead atoms. The predicted octanol–water partition coefficient (Wildman–Crippen LogP) is 1.30. The first-order valence-corrected chi connectivity index (χ1v) is 8.45. The lowest BCUT2D eigenvalue weighted by molar-refractivity contribution is -0.118. The maximum atomic E-state index is 13.1. The molecule has 2 aromatic carbocycles. The van der Waals surface area contributed by atoms with Crippen molar-refractivity contribution in [3.63, 3.8) is 0 Å². The molecule has 1 amide bonds. The zero-order chi connectivity index (χ0) is 16.6. The van der Waals surface area contributed by atoms with E-state index in [4.69, 9.17) is 10.5 Å². The van der Waals surface area contributed by atoms with E-state index in [1.807, 2.05) is 0 Å². The number of benzene rings is 2. The van der Waals surface area contributed by atoms with Gasteiger partial charge in [-0.05, 0) is 23.8 Å². The maximum absolute atomic E-state index is 13.1. The van der Waals surface area contributed by atoms with Gasteiger partial charge in [0.05, 0.1) is 12.8 Å². The topological polar surface area (TPSA) is 89.7 Å². The Morgan fingerprint density at radius 3 is 2.52 bits per heavy atom. The van der Waals surface area contributed by atoms with E-state index in [1.165, 1.54) is 13.2 Å². The molecule has 0 fully saturated rings. The fourth-order valence-electron chi connectivity index (χ4n) is 2.81. The molecule has 23 heavy (non-hydrogen) atoms. The maximum Gasteiger partial charge on any atom is 0.268 e. The summed E-state index contributed by atoms with van der Waals surface area (Å²) in [6, 6.07) is 12.4. The number of hydrogen-bond acceptors (Lipinski definition) is 4. The second kappa shape index (κ2) is 5.58. The largest absolute Gasteiger partial charge is 0.495 e. The van der Waals surface area contributed by atoms with Gasteiger partial charge in [-0.1, -0.05) is 30.3 Å². The van der Waals surface area contributed by atoms with Crippen molar-refractivity contribution in [1.29, 1.82) is 0 Å². The molecule has 1 heterocycles. The molecule has 0 radical (unpaired) electrons. The Morgan fingerprint density at radius 1 is 1.17 bits per heavy atom. The van der Waals surface area contributed by atoms with Crippen LogP contribution in [0.25, 0.3) is 0 Å². The highest BCUT2D eigenvalue weighted by atomic mass is 32.2. The number of carbonyl (C=O) groups excluding carboxylic acids is 1. The van der Waals surface area contributed by atoms with Crippen LogP contribution in [-0.2, 0) is 21.2 Å². The number of fused-ring (bicyclic) bond motifs is 1. The van der Waals surface area contributed by atoms with Crippen LogP contribution in [0.3, 0.4) is 0 Å². The van der Waals surface area contributed by atoms with E-state index >= 15 is 0 Å². The molecule has 0 spiro atoms. The lowest BCUT2D eigenvalue weighted by atomic mass is 10.1. The van der Waals surface area contributed by atoms with Gasteiger partial charge in [0.1, 0.15) is 16.7 Å². The number of ether oxygens (including phenoxy) is 1. The van der Waals surface area contributed by atoms with Crippen LogP contribution in [0, 0.1) is 0 Å². The number of methoxy groups -OCH3 is 1. The molecule has 2 N–H and O–H groups in total. The minimum atomic E-state index is -3.98. The van der Waals surface area contributed by atoms with Gasteiger partial charge in [-0.15, -0.1) is 0 Å². The van der Waals surface area contributed by atoms with Crippen LogP contribution < -0.4 is 14.8 Å². The summed E-state index contributed by atoms with van der Waals surface area (Å²) < 4.78 is 32.5. The molecule has 1 aliphatic rings. The number of sulfonamides is 1. The third-order valence-electron chi connectivity index (χ3n) is 3.86. The van der Waals surface area contributed by atoms with Gasteiger partial charge < -0.3 is 10.5 Å². The van der Waals surface area contributed by atoms with Gasteiger partial charge in [0.2, 0.25) is 5.91 Å². The van der Waals surface area contributed by atoms with Crippen molar-refractivity contribution in [2.75, 3.05) is 11.4 Å². The van der Waals surface area contributed by atoms with Crippen LogP contribution >= 0.6 is 0 Å². The number of hydrogen-bond donors (Lipinski definition) is 1. The van der Waals surface area contributed by atoms with E-state index < -0.39 is 22.0 Å². The molecule has 120 valence electrons. The van der Waals surface area contributed by atoms with E-state index in [9.17, 15) is 13.2 Å². The molecular weight excluding hydrogens is 316 g/mol. The normalized spacial score (nSPS) is 16.9. The lowest BCUT2D eigenvalue weighted by Gasteiger charge is -2.25. The van der Waals surface area contributed by atoms with Gasteiger partial charge in [-0.2, -0.15) is 0 Å². The van der Waals surface area contributed by atoms with Crippen LogP contribution in [0.15, 0.2) is 53.4 Å². The third kappa shape index (κ3) is 2.43. The SMILES string of the molecule is COc1ccccc1S(=O)(=O)N1c2ccccc2C[C@H]1C(N)=O. The van der Waals surface area contributed by atoms with Crippen LogP contribution in [0.5, 0.6) is 5.75 Å². The fraction of sp³-hybridized carbons (Fsp3) is 0.188. The Labute approximate surface area is 134 Å². The number of amides is 1. The van der Waals surface area contributed by atoms with Crippen molar-refractivity contribution in [2.24, 2.45) is 5.73 Å². The molecule has 0 unspecified atom stereocenters. The number of nitrogens with two attached hydrogens (primary N) is 1. The number of carbonyl (C=O) groups is 1. The standard InChI is InChI=1S/C16H16N2O4S/c1-22-14-8-4-5-9-15(14)23(20,21)18-12-7-3-2-6-11(12)10-13(18)16(17)19/h2-9,13H,10H2,1H3,(H2,17,19)/t13-/m0/s1. The zero-order valence-corrected chi connectivity index (χ0v) is 13.3. The van der Waals surface area contributed by atoms with E-state index in [0.717, 1.165) is 9.87 Å². The fourth-order valence-corrected chi connectivity index (χ4v) is 4.63. The van der Waals surface area contributed by atoms with Crippen molar-refractivity contribution < 1.29 is 17.9 Å². The predicted molar refractivity (Wildman–Crippen MR) is 85.8 cm³/mol. The number of rotatable bonds is 4. The minimum absolute atomic E-state index is 0.00505. The Bertz CT molecular complexity index is 864. The van der Waals surface area contributed by atoms with E-state index in [1.54, 1.807) is 42.5 Å². The first-order valence-electron chi connectivity index (χ1n) is 7.01. The molecule has 2 aromatic rings. The Kier molecular flexibility index (Phi) is 3.73. The van der Waals surface area contributed by atoms with Gasteiger partial charge >= 0.3 is 0 Å². The van der Waals surface area contributed by atoms with E-state index in [0.29, 0.717) is 5.69 Å². The van der Waals surface area contributed by atoms with Crippen molar-refractivity contribution >= 4 is 21.6 Å². The molecular formula is C16H16N2O4S. The summed E-state index contributed by atoms with van der Waals surface area (Å²) >= 11 is 0. The molecule has 7 heteroatoms. The van der Waals surface area contributed by atoms with Crippen LogP contribution in [-0.4, -0.2) is 27.5 Å². The quantitative estimate of drug-likeness (QED) is 0.914. The number of para-hydroxylation sites is 2. The second-order valence-corrected chi connectivity index (χ2v) is 6.99. The monoisotopic (exact) mass is 332 g/mol. The van der Waals surface area contributed by atoms with Gasteiger partial charge in [-0.25, -0.2) is 8.42 Å². The minimum Gasteiger partial charge on any atom is -0.495 e. The average Bonchev–Trinajstić information content (AvgIpc) is 2.95. The summed E-state index contributed by atoms with van der Waals surface area (Å²) in [5.74, 6) is -0.459. The molecule has 0 aliphatic carbocycles. The van der Waals surface area contributed by atoms with Crippen molar-refractivity contribution in [1.82, 2.24) is 0 Å². The number of primary amides is 1. The van der Waals surface area contributed by atoms with Crippen molar-refractivity contribution in [3.8, 4) is 5.75 Å². The Morgan fingerprint density at radius 2 is 1.83 bits per heavy atom. The Hall–Kier alpha value is -2.54. The van der Waals surface area contributed by atoms with E-state index in [2.05, 4.69) is 0 Å². The number of nitrogens with zero attached hydrogens (tertiary/aromatic N) is 1. The summed E-state index contributed by atoms with van der Waals surface area (Å²) in [7, 11) is -2.58. The summed E-state index contributed by atoms with van der Waals surface area (Å²) in [5.41, 5.74) is 6.68. The first-order chi connectivity index (χ1) is 11.0. The van der Waals surface area contributed by atoms with Gasteiger partial charge in [0, 0.05) is 6.42 Å². The second-order valence-electron chi connectivity index (χ2n) is 5.20. The molecule has 0 saturated heterocycles. The smallest absolute Gasteiger partial charge is 0.268 e. The summed E-state index contributed by atoms with van der Waals surface area (Å²) in [4.78, 5) is 11.8. The number of anilines is 1. The van der Waals surface area contributed by atoms with Crippen LogP contribution in [0.1, 0.15) is 5.56 Å². The molecule has 6 nitrogen and oxygen atoms in total. The first kappa shape index (κ1) is 15.4. The average molecular weight is 332 g/mol. The van der Waals surface area contributed by atoms with Gasteiger partial charge in [0.15, 0.2) is 0 Å². The molecule has 1 aliphatic heterocycles. The highest BCUT2D eigenvalue weighted by Crippen LogP contribution is 2.38. The summed E-state index contributed by atoms with van der Waals surface area (Å²) in [5, 5.41) is 0. The molecule has 1 atom stereocenters. The van der Waals surface area contributed by atoms with Crippen LogP contribution in [0.2, 0.25) is 0 Å². The zero-order valence-electron chi connectivity index (χ0n) is 12.5. The van der Waals surface area contributed by atoms with Crippen molar-refractivity contribution in [2.45, 2.75) is 17.4 Å². The van der Waals surface area contributed by atoms with Crippen molar-refractivity contribution in [3.05, 3.63) is 54.1 Å². The van der Waals surface area contributed by atoms with Gasteiger partial charge in [-0.3, -0.25) is 9.10 Å².